The van der Waals surface area contributed by atoms with Crippen LogP contribution in [0.5, 0.6) is 0 Å². The fourth-order valence-corrected chi connectivity index (χ4v) is 4.80. The van der Waals surface area contributed by atoms with E-state index in [1.165, 1.54) is 11.3 Å². The number of carbonyl (C=O) groups is 2. The molecule has 3 atom stereocenters. The number of hydrogen-bond donors (Lipinski definition) is 2. The lowest BCUT2D eigenvalue weighted by atomic mass is 10.1. The first kappa shape index (κ1) is 32.5. The van der Waals surface area contributed by atoms with Crippen molar-refractivity contribution in [1.82, 2.24) is 9.88 Å². The molecule has 3 unspecified atom stereocenters. The molecule has 15 heteroatoms. The van der Waals surface area contributed by atoms with Crippen molar-refractivity contribution in [2.75, 3.05) is 19.8 Å². The quantitative estimate of drug-likeness (QED) is 0.460. The number of aryl methyl sites for hydroxylation is 1. The maximum absolute atomic E-state index is 10.6. The van der Waals surface area contributed by atoms with Gasteiger partial charge in [0.2, 0.25) is 0 Å². The molecule has 2 aromatic rings. The minimum atomic E-state index is -5.08. The Morgan fingerprint density at radius 1 is 1.08 bits per heavy atom. The number of morpholine rings is 1. The second kappa shape index (κ2) is 14.6. The molecule has 3 heterocycles. The van der Waals surface area contributed by atoms with Gasteiger partial charge in [-0.2, -0.15) is 26.3 Å². The van der Waals surface area contributed by atoms with E-state index in [0.717, 1.165) is 44.1 Å². The lowest BCUT2D eigenvalue weighted by molar-refractivity contribution is -0.193. The maximum Gasteiger partial charge on any atom is 0.490 e. The summed E-state index contributed by atoms with van der Waals surface area (Å²) >= 11 is 1.85. The van der Waals surface area contributed by atoms with Gasteiger partial charge in [0.1, 0.15) is 0 Å². The Labute approximate surface area is 224 Å². The standard InChI is InChI=1S/C20H26N2O2S.2C2HF3O2/c1-15-4-2-5-17(21-15)14-23-13-16-10-19-20(11-16)24-8-7-22(19)12-18-6-3-9-25-18;2*3-2(4,5)1(6)7/h2-6,9,16,19-20H,7-8,10-14H2,1H3;2*(H,6,7). The second-order valence-electron chi connectivity index (χ2n) is 8.76. The Hall–Kier alpha value is -2.75. The predicted octanol–water partition coefficient (Wildman–Crippen LogP) is 4.91. The number of aliphatic carboxylic acids is 2. The molecule has 0 aromatic carbocycles. The van der Waals surface area contributed by atoms with Gasteiger partial charge < -0.3 is 19.7 Å². The Morgan fingerprint density at radius 2 is 1.72 bits per heavy atom. The van der Waals surface area contributed by atoms with Gasteiger partial charge in [-0.25, -0.2) is 9.59 Å². The van der Waals surface area contributed by atoms with Gasteiger partial charge in [0.25, 0.3) is 0 Å². The van der Waals surface area contributed by atoms with Crippen molar-refractivity contribution in [2.45, 2.75) is 57.4 Å². The van der Waals surface area contributed by atoms with Crippen LogP contribution in [0.2, 0.25) is 0 Å². The third kappa shape index (κ3) is 11.5. The summed E-state index contributed by atoms with van der Waals surface area (Å²) < 4.78 is 75.5. The van der Waals surface area contributed by atoms with Gasteiger partial charge in [0.15, 0.2) is 0 Å². The van der Waals surface area contributed by atoms with Crippen LogP contribution in [0.15, 0.2) is 35.7 Å². The molecule has 2 aliphatic rings. The monoisotopic (exact) mass is 586 g/mol. The Morgan fingerprint density at radius 3 is 2.26 bits per heavy atom. The zero-order chi connectivity index (χ0) is 29.2. The number of fused-ring (bicyclic) bond motifs is 1. The van der Waals surface area contributed by atoms with Crippen LogP contribution in [0.25, 0.3) is 0 Å². The van der Waals surface area contributed by atoms with Crippen LogP contribution in [-0.2, 0) is 32.2 Å². The number of hydrogen-bond acceptors (Lipinski definition) is 7. The molecule has 1 aliphatic carbocycles. The second-order valence-corrected chi connectivity index (χ2v) is 9.79. The summed E-state index contributed by atoms with van der Waals surface area (Å²) in [6.07, 6.45) is -7.50. The molecule has 0 radical (unpaired) electrons. The van der Waals surface area contributed by atoms with Crippen molar-refractivity contribution in [2.24, 2.45) is 5.92 Å². The maximum atomic E-state index is 10.6. The lowest BCUT2D eigenvalue weighted by Crippen LogP contribution is -2.47. The number of carboxylic acids is 2. The zero-order valence-electron chi connectivity index (χ0n) is 20.7. The molecule has 39 heavy (non-hydrogen) atoms. The number of halogens is 6. The third-order valence-corrected chi connectivity index (χ3v) is 6.58. The summed E-state index contributed by atoms with van der Waals surface area (Å²) in [7, 11) is 0. The Kier molecular flexibility index (Phi) is 12.1. The summed E-state index contributed by atoms with van der Waals surface area (Å²) in [6, 6.07) is 11.0. The molecule has 8 nitrogen and oxygen atoms in total. The van der Waals surface area contributed by atoms with Gasteiger partial charge in [-0.1, -0.05) is 12.1 Å². The van der Waals surface area contributed by atoms with Crippen LogP contribution < -0.4 is 0 Å². The minimum absolute atomic E-state index is 0.374. The number of ether oxygens (including phenoxy) is 2. The summed E-state index contributed by atoms with van der Waals surface area (Å²) in [5.74, 6) is -4.93. The molecule has 0 amide bonds. The van der Waals surface area contributed by atoms with Crippen molar-refractivity contribution in [3.63, 3.8) is 0 Å². The molecule has 4 rings (SSSR count). The lowest BCUT2D eigenvalue weighted by Gasteiger charge is -2.37. The van der Waals surface area contributed by atoms with Gasteiger partial charge >= 0.3 is 24.3 Å². The molecule has 218 valence electrons. The summed E-state index contributed by atoms with van der Waals surface area (Å²) in [5, 5.41) is 16.4. The van der Waals surface area contributed by atoms with E-state index in [1.54, 1.807) is 0 Å². The molecule has 1 saturated heterocycles. The van der Waals surface area contributed by atoms with E-state index in [9.17, 15) is 26.3 Å². The van der Waals surface area contributed by atoms with E-state index in [-0.39, 0.29) is 0 Å². The molecule has 2 N–H and O–H groups in total. The fraction of sp³-hybridized carbons (Fsp3) is 0.542. The summed E-state index contributed by atoms with van der Waals surface area (Å²) in [5.41, 5.74) is 2.07. The van der Waals surface area contributed by atoms with Crippen molar-refractivity contribution in [1.29, 1.82) is 0 Å². The van der Waals surface area contributed by atoms with Crippen LogP contribution in [-0.4, -0.2) is 76.3 Å². The first-order chi connectivity index (χ1) is 18.2. The van der Waals surface area contributed by atoms with Crippen molar-refractivity contribution >= 4 is 23.3 Å². The largest absolute Gasteiger partial charge is 0.490 e. The number of thiophene rings is 1. The summed E-state index contributed by atoms with van der Waals surface area (Å²) in [4.78, 5) is 26.4. The van der Waals surface area contributed by atoms with E-state index < -0.39 is 24.3 Å². The highest BCUT2D eigenvalue weighted by molar-refractivity contribution is 7.09. The zero-order valence-corrected chi connectivity index (χ0v) is 21.6. The molecule has 1 saturated carbocycles. The third-order valence-electron chi connectivity index (χ3n) is 5.72. The highest BCUT2D eigenvalue weighted by Gasteiger charge is 2.41. The number of nitrogens with zero attached hydrogens (tertiary/aromatic N) is 2. The molecule has 2 aromatic heterocycles. The van der Waals surface area contributed by atoms with Gasteiger partial charge in [-0.05, 0) is 49.3 Å². The van der Waals surface area contributed by atoms with Gasteiger partial charge in [-0.3, -0.25) is 9.88 Å². The Bertz CT molecular complexity index is 1030. The average molecular weight is 587 g/mol. The van der Waals surface area contributed by atoms with Gasteiger partial charge in [-0.15, -0.1) is 11.3 Å². The molecule has 0 bridgehead atoms. The van der Waals surface area contributed by atoms with Crippen LogP contribution in [0.4, 0.5) is 26.3 Å². The van der Waals surface area contributed by atoms with Crippen molar-refractivity contribution in [3.8, 4) is 0 Å². The minimum Gasteiger partial charge on any atom is -0.475 e. The van der Waals surface area contributed by atoms with Gasteiger partial charge in [0, 0.05) is 29.7 Å². The molecule has 0 spiro atoms. The molecular weight excluding hydrogens is 558 g/mol. The normalized spacial score (nSPS) is 21.2. The van der Waals surface area contributed by atoms with Gasteiger partial charge in [0.05, 0.1) is 31.6 Å². The van der Waals surface area contributed by atoms with Crippen LogP contribution in [0.1, 0.15) is 29.1 Å². The highest BCUT2D eigenvalue weighted by atomic mass is 32.1. The number of rotatable bonds is 6. The van der Waals surface area contributed by atoms with Crippen LogP contribution in [0.3, 0.4) is 0 Å². The van der Waals surface area contributed by atoms with Crippen molar-refractivity contribution in [3.05, 3.63) is 52.0 Å². The number of pyridine rings is 1. The smallest absolute Gasteiger partial charge is 0.475 e. The number of carboxylic acid groups (broad SMARTS) is 2. The number of alkyl halides is 6. The van der Waals surface area contributed by atoms with E-state index in [0.29, 0.717) is 24.7 Å². The SMILES string of the molecule is Cc1cccc(COCC2CC3OCCN(Cc4cccs4)C3C2)n1.O=C(O)C(F)(F)F.O=C(O)C(F)(F)F. The van der Waals surface area contributed by atoms with E-state index in [4.69, 9.17) is 29.3 Å². The summed E-state index contributed by atoms with van der Waals surface area (Å²) in [6.45, 7) is 6.38. The topological polar surface area (TPSA) is 109 Å². The predicted molar refractivity (Wildman–Crippen MR) is 127 cm³/mol. The van der Waals surface area contributed by atoms with Crippen molar-refractivity contribution < 1.29 is 55.6 Å². The molecule has 2 fully saturated rings. The van der Waals surface area contributed by atoms with E-state index >= 15 is 0 Å². The van der Waals surface area contributed by atoms with Crippen LogP contribution >= 0.6 is 11.3 Å². The van der Waals surface area contributed by atoms with E-state index in [2.05, 4.69) is 27.4 Å². The first-order valence-corrected chi connectivity index (χ1v) is 12.5. The van der Waals surface area contributed by atoms with E-state index in [1.807, 2.05) is 36.5 Å². The highest BCUT2D eigenvalue weighted by Crippen LogP contribution is 2.35. The fourth-order valence-electron chi connectivity index (χ4n) is 4.07. The molecule has 1 aliphatic heterocycles. The Balaban J connectivity index is 0.000000317. The first-order valence-electron chi connectivity index (χ1n) is 11.6. The van der Waals surface area contributed by atoms with Crippen LogP contribution in [0, 0.1) is 12.8 Å². The molecular formula is C24H28F6N2O6S. The number of aromatic nitrogens is 1. The average Bonchev–Trinajstić information content (AvgIpc) is 3.49.